The molecular weight excluding hydrogens is 628 g/mol. The maximum Gasteiger partial charge on any atom is 0.407 e. The van der Waals surface area contributed by atoms with Crippen molar-refractivity contribution >= 4 is 24.1 Å². The first-order chi connectivity index (χ1) is 23.4. The number of esters is 2. The summed E-state index contributed by atoms with van der Waals surface area (Å²) in [5.74, 6) is -1.77. The number of nitrogens with one attached hydrogen (secondary N) is 2. The summed E-state index contributed by atoms with van der Waals surface area (Å²) in [6, 6.07) is 27.1. The fourth-order valence-corrected chi connectivity index (χ4v) is 5.00. The molecule has 14 nitrogen and oxygen atoms in total. The van der Waals surface area contributed by atoms with Crippen LogP contribution in [0.3, 0.4) is 0 Å². The van der Waals surface area contributed by atoms with Gasteiger partial charge in [-0.25, -0.2) is 9.59 Å². The zero-order chi connectivity index (χ0) is 33.7. The number of alkyl carbamates (subject to hydrolysis) is 2. The van der Waals surface area contributed by atoms with Crippen molar-refractivity contribution in [3.63, 3.8) is 0 Å². The lowest BCUT2D eigenvalue weighted by atomic mass is 9.97. The van der Waals surface area contributed by atoms with Crippen molar-refractivity contribution in [1.29, 1.82) is 0 Å². The summed E-state index contributed by atoms with van der Waals surface area (Å²) in [6.45, 7) is -1.09. The summed E-state index contributed by atoms with van der Waals surface area (Å²) in [4.78, 5) is 50.5. The van der Waals surface area contributed by atoms with E-state index in [1.54, 1.807) is 60.7 Å². The molecule has 2 saturated heterocycles. The van der Waals surface area contributed by atoms with E-state index in [1.807, 2.05) is 30.3 Å². The monoisotopic (exact) mass is 664 g/mol. The number of ether oxygens (including phenoxy) is 8. The zero-order valence-corrected chi connectivity index (χ0v) is 26.1. The predicted molar refractivity (Wildman–Crippen MR) is 165 cm³/mol. The van der Waals surface area contributed by atoms with Crippen LogP contribution in [-0.4, -0.2) is 81.6 Å². The second-order valence-corrected chi connectivity index (χ2v) is 10.7. The molecular formula is C34H36N2O12. The summed E-state index contributed by atoms with van der Waals surface area (Å²) in [5.41, 5.74) is 2.23. The lowest BCUT2D eigenvalue weighted by Crippen LogP contribution is -2.64. The van der Waals surface area contributed by atoms with Gasteiger partial charge in [0, 0.05) is 12.7 Å². The number of rotatable bonds is 12. The molecule has 0 aromatic heterocycles. The van der Waals surface area contributed by atoms with E-state index in [4.69, 9.17) is 37.9 Å². The second-order valence-electron chi connectivity index (χ2n) is 10.7. The highest BCUT2D eigenvalue weighted by atomic mass is 16.8. The number of methoxy groups -OCH3 is 1. The van der Waals surface area contributed by atoms with Crippen LogP contribution >= 0.6 is 0 Å². The van der Waals surface area contributed by atoms with Gasteiger partial charge in [-0.05, 0) is 11.1 Å². The number of benzene rings is 3. The SMILES string of the molecule is CO[C@H]1O[C@H]2CO[C@H](c3ccccc3)O[C@@H]2[C@@H](OC(=O)CNC(=O)OCc2ccccc2)[C@@H]1OC(=O)CNC(=O)OCc1ccccc1. The average molecular weight is 665 g/mol. The Morgan fingerprint density at radius 2 is 1.19 bits per heavy atom. The maximum atomic E-state index is 13.1. The van der Waals surface area contributed by atoms with E-state index in [2.05, 4.69) is 10.6 Å². The molecule has 0 spiro atoms. The normalized spacial score (nSPS) is 23.1. The fraction of sp³-hybridized carbons (Fsp3) is 0.353. The average Bonchev–Trinajstić information content (AvgIpc) is 3.13. The fourth-order valence-electron chi connectivity index (χ4n) is 5.00. The first-order valence-corrected chi connectivity index (χ1v) is 15.2. The first-order valence-electron chi connectivity index (χ1n) is 15.2. The number of amides is 2. The number of hydrogen-bond donors (Lipinski definition) is 2. The van der Waals surface area contributed by atoms with Gasteiger partial charge in [-0.15, -0.1) is 0 Å². The minimum absolute atomic E-state index is 0.000847. The molecule has 3 aromatic rings. The molecule has 3 aromatic carbocycles. The van der Waals surface area contributed by atoms with Gasteiger partial charge in [0.1, 0.15) is 38.5 Å². The van der Waals surface area contributed by atoms with E-state index in [1.165, 1.54) is 7.11 Å². The summed E-state index contributed by atoms with van der Waals surface area (Å²) in [6.07, 6.45) is -8.10. The van der Waals surface area contributed by atoms with Crippen molar-refractivity contribution in [2.45, 2.75) is 50.2 Å². The number of hydrogen-bond acceptors (Lipinski definition) is 12. The van der Waals surface area contributed by atoms with Gasteiger partial charge in [0.2, 0.25) is 0 Å². The maximum absolute atomic E-state index is 13.1. The van der Waals surface area contributed by atoms with E-state index >= 15 is 0 Å². The summed E-state index contributed by atoms with van der Waals surface area (Å²) in [5, 5.41) is 4.69. The molecule has 2 aliphatic rings. The molecule has 14 heteroatoms. The van der Waals surface area contributed by atoms with Crippen LogP contribution in [0.1, 0.15) is 23.0 Å². The third kappa shape index (κ3) is 9.75. The zero-order valence-electron chi connectivity index (χ0n) is 26.1. The topological polar surface area (TPSA) is 166 Å². The van der Waals surface area contributed by atoms with E-state index in [-0.39, 0.29) is 19.8 Å². The van der Waals surface area contributed by atoms with Crippen LogP contribution in [0.5, 0.6) is 0 Å². The molecule has 0 saturated carbocycles. The first kappa shape index (κ1) is 34.3. The molecule has 2 aliphatic heterocycles. The molecule has 0 aliphatic carbocycles. The van der Waals surface area contributed by atoms with E-state index in [0.717, 1.165) is 11.1 Å². The highest BCUT2D eigenvalue weighted by Crippen LogP contribution is 2.36. The van der Waals surface area contributed by atoms with Gasteiger partial charge in [0.25, 0.3) is 0 Å². The van der Waals surface area contributed by atoms with E-state index in [0.29, 0.717) is 5.56 Å². The van der Waals surface area contributed by atoms with Crippen molar-refractivity contribution in [2.75, 3.05) is 26.8 Å². The van der Waals surface area contributed by atoms with Gasteiger partial charge in [-0.3, -0.25) is 9.59 Å². The van der Waals surface area contributed by atoms with Crippen LogP contribution in [0.25, 0.3) is 0 Å². The van der Waals surface area contributed by atoms with Crippen LogP contribution < -0.4 is 10.6 Å². The molecule has 0 bridgehead atoms. The molecule has 0 unspecified atom stereocenters. The lowest BCUT2D eigenvalue weighted by molar-refractivity contribution is -0.359. The van der Waals surface area contributed by atoms with Crippen molar-refractivity contribution in [1.82, 2.24) is 10.6 Å². The van der Waals surface area contributed by atoms with Gasteiger partial charge in [-0.1, -0.05) is 91.0 Å². The van der Waals surface area contributed by atoms with Crippen molar-refractivity contribution in [3.05, 3.63) is 108 Å². The smallest absolute Gasteiger partial charge is 0.407 e. The Morgan fingerprint density at radius 3 is 1.71 bits per heavy atom. The highest BCUT2D eigenvalue weighted by Gasteiger charge is 2.54. The Balaban J connectivity index is 1.23. The molecule has 2 amide bonds. The van der Waals surface area contributed by atoms with Gasteiger partial charge in [-0.2, -0.15) is 0 Å². The molecule has 254 valence electrons. The Kier molecular flexibility index (Phi) is 12.3. The largest absolute Gasteiger partial charge is 0.454 e. The molecule has 2 heterocycles. The number of carbonyl (C=O) groups excluding carboxylic acids is 4. The summed E-state index contributed by atoms with van der Waals surface area (Å²) < 4.78 is 45.3. The predicted octanol–water partition coefficient (Wildman–Crippen LogP) is 3.15. The van der Waals surface area contributed by atoms with E-state index in [9.17, 15) is 19.2 Å². The molecule has 5 rings (SSSR count). The van der Waals surface area contributed by atoms with Gasteiger partial charge in [0.15, 0.2) is 24.8 Å². The minimum Gasteiger partial charge on any atom is -0.454 e. The van der Waals surface area contributed by atoms with E-state index < -0.39 is 74.2 Å². The van der Waals surface area contributed by atoms with Gasteiger partial charge in [0.05, 0.1) is 6.61 Å². The van der Waals surface area contributed by atoms with Crippen LogP contribution in [-0.2, 0) is 60.7 Å². The Labute approximate surface area is 276 Å². The molecule has 48 heavy (non-hydrogen) atoms. The Morgan fingerprint density at radius 1 is 0.688 bits per heavy atom. The third-order valence-corrected chi connectivity index (χ3v) is 7.30. The Bertz CT molecular complexity index is 1490. The second kappa shape index (κ2) is 17.2. The third-order valence-electron chi connectivity index (χ3n) is 7.30. The minimum atomic E-state index is -1.34. The molecule has 2 N–H and O–H groups in total. The number of carbonyl (C=O) groups is 4. The lowest BCUT2D eigenvalue weighted by Gasteiger charge is -2.47. The quantitative estimate of drug-likeness (QED) is 0.215. The Hall–Kier alpha value is -5.02. The van der Waals surface area contributed by atoms with Crippen LogP contribution in [0.4, 0.5) is 9.59 Å². The van der Waals surface area contributed by atoms with Crippen LogP contribution in [0.15, 0.2) is 91.0 Å². The molecule has 0 radical (unpaired) electrons. The van der Waals surface area contributed by atoms with Gasteiger partial charge < -0.3 is 48.5 Å². The van der Waals surface area contributed by atoms with Crippen LogP contribution in [0.2, 0.25) is 0 Å². The molecule has 6 atom stereocenters. The summed E-state index contributed by atoms with van der Waals surface area (Å²) >= 11 is 0. The highest BCUT2D eigenvalue weighted by molar-refractivity contribution is 5.79. The molecule has 2 fully saturated rings. The number of fused-ring (bicyclic) bond motifs is 1. The standard InChI is InChI=1S/C34H36N2O12/c1-41-32-30(47-27(38)18-36-34(40)44-20-23-13-7-3-8-14-23)29(28-25(45-32)21-42-31(48-28)24-15-9-4-10-16-24)46-26(37)17-35-33(39)43-19-22-11-5-2-6-12-22/h2-16,25,28-32H,17-21H2,1H3,(H,35,39)(H,36,40)/t25-,28-,29+,30-,31-,32-/m0/s1. The summed E-state index contributed by atoms with van der Waals surface area (Å²) in [7, 11) is 1.32. The van der Waals surface area contributed by atoms with Crippen molar-refractivity contribution in [3.8, 4) is 0 Å². The van der Waals surface area contributed by atoms with Crippen LogP contribution in [0, 0.1) is 0 Å². The van der Waals surface area contributed by atoms with Crippen molar-refractivity contribution < 1.29 is 57.1 Å². The van der Waals surface area contributed by atoms with Crippen molar-refractivity contribution in [2.24, 2.45) is 0 Å². The van der Waals surface area contributed by atoms with Gasteiger partial charge >= 0.3 is 24.1 Å².